The minimum Gasteiger partial charge on any atom is -0.355 e. The van der Waals surface area contributed by atoms with Crippen LogP contribution < -0.4 is 10.2 Å². The first kappa shape index (κ1) is 18.7. The average molecular weight is 400 g/mol. The molecule has 1 fully saturated rings. The molecule has 0 aliphatic carbocycles. The summed E-state index contributed by atoms with van der Waals surface area (Å²) in [4.78, 5) is 23.8. The summed E-state index contributed by atoms with van der Waals surface area (Å²) in [5, 5.41) is 8.55. The Hall–Kier alpha value is -2.67. The van der Waals surface area contributed by atoms with Gasteiger partial charge in [0.2, 0.25) is 5.91 Å². The Morgan fingerprint density at radius 2 is 2.21 bits per heavy atom. The molecule has 1 aliphatic heterocycles. The molecule has 1 saturated heterocycles. The lowest BCUT2D eigenvalue weighted by atomic mass is 9.96. The van der Waals surface area contributed by atoms with E-state index in [4.69, 9.17) is 16.1 Å². The third-order valence-corrected chi connectivity index (χ3v) is 5.28. The van der Waals surface area contributed by atoms with Gasteiger partial charge in [-0.25, -0.2) is 4.98 Å². The lowest BCUT2D eigenvalue weighted by Crippen LogP contribution is -2.43. The number of aromatic nitrogens is 3. The fourth-order valence-corrected chi connectivity index (χ4v) is 3.88. The molecule has 1 N–H and O–H groups in total. The SMILES string of the molecule is Cc1nc(N2CCC[C@H](C(=O)NCc3cccc(Cl)c3)C2)c2c(C)noc2n1. The number of halogens is 1. The molecular formula is C20H22ClN5O2. The van der Waals surface area contributed by atoms with Gasteiger partial charge >= 0.3 is 0 Å². The van der Waals surface area contributed by atoms with E-state index in [1.165, 1.54) is 0 Å². The highest BCUT2D eigenvalue weighted by Crippen LogP contribution is 2.30. The van der Waals surface area contributed by atoms with Gasteiger partial charge in [-0.1, -0.05) is 28.9 Å². The predicted octanol–water partition coefficient (Wildman–Crippen LogP) is 3.42. The second-order valence-electron chi connectivity index (χ2n) is 7.18. The molecule has 8 heteroatoms. The summed E-state index contributed by atoms with van der Waals surface area (Å²) in [6, 6.07) is 7.53. The molecule has 1 aromatic carbocycles. The van der Waals surface area contributed by atoms with Gasteiger partial charge in [-0.15, -0.1) is 0 Å². The first-order valence-corrected chi connectivity index (χ1v) is 9.77. The largest absolute Gasteiger partial charge is 0.355 e. The van der Waals surface area contributed by atoms with E-state index in [1.54, 1.807) is 0 Å². The molecular weight excluding hydrogens is 378 g/mol. The van der Waals surface area contributed by atoms with Crippen molar-refractivity contribution >= 4 is 34.4 Å². The highest BCUT2D eigenvalue weighted by molar-refractivity contribution is 6.30. The van der Waals surface area contributed by atoms with Crippen LogP contribution in [0.3, 0.4) is 0 Å². The van der Waals surface area contributed by atoms with Crippen LogP contribution in [-0.2, 0) is 11.3 Å². The van der Waals surface area contributed by atoms with Crippen LogP contribution in [0.1, 0.15) is 29.9 Å². The van der Waals surface area contributed by atoms with Gasteiger partial charge in [0.25, 0.3) is 5.71 Å². The van der Waals surface area contributed by atoms with Crippen molar-refractivity contribution in [1.82, 2.24) is 20.4 Å². The molecule has 3 aromatic rings. The Labute approximate surface area is 168 Å². The van der Waals surface area contributed by atoms with Crippen molar-refractivity contribution in [3.05, 3.63) is 46.4 Å². The van der Waals surface area contributed by atoms with Crippen LogP contribution in [0.25, 0.3) is 11.1 Å². The van der Waals surface area contributed by atoms with Gasteiger partial charge in [0.05, 0.1) is 11.6 Å². The first-order chi connectivity index (χ1) is 13.5. The topological polar surface area (TPSA) is 84.2 Å². The molecule has 7 nitrogen and oxygen atoms in total. The summed E-state index contributed by atoms with van der Waals surface area (Å²) >= 11 is 6.02. The third-order valence-electron chi connectivity index (χ3n) is 5.05. The standard InChI is InChI=1S/C20H22ClN5O2/c1-12-17-18(23-13(2)24-20(17)28-25-12)26-8-4-6-15(11-26)19(27)22-10-14-5-3-7-16(21)9-14/h3,5,7,9,15H,4,6,8,10-11H2,1-2H3,(H,22,27)/t15-/m0/s1. The minimum absolute atomic E-state index is 0.0498. The maximum atomic E-state index is 12.7. The number of rotatable bonds is 4. The van der Waals surface area contributed by atoms with E-state index in [2.05, 4.69) is 25.3 Å². The van der Waals surface area contributed by atoms with E-state index in [1.807, 2.05) is 38.1 Å². The van der Waals surface area contributed by atoms with Gasteiger partial charge in [-0.3, -0.25) is 4.79 Å². The summed E-state index contributed by atoms with van der Waals surface area (Å²) in [5.41, 5.74) is 2.24. The number of fused-ring (bicyclic) bond motifs is 1. The normalized spacial score (nSPS) is 17.1. The van der Waals surface area contributed by atoms with Crippen LogP contribution in [0.4, 0.5) is 5.82 Å². The highest BCUT2D eigenvalue weighted by atomic mass is 35.5. The molecule has 0 radical (unpaired) electrons. The van der Waals surface area contributed by atoms with Crippen LogP contribution in [0.15, 0.2) is 28.8 Å². The predicted molar refractivity (Wildman–Crippen MR) is 107 cm³/mol. The molecule has 0 bridgehead atoms. The van der Waals surface area contributed by atoms with Gasteiger partial charge < -0.3 is 14.7 Å². The number of amides is 1. The number of anilines is 1. The number of piperidine rings is 1. The number of nitrogens with one attached hydrogen (secondary N) is 1. The number of carbonyl (C=O) groups excluding carboxylic acids is 1. The Morgan fingerprint density at radius 3 is 3.04 bits per heavy atom. The fraction of sp³-hybridized carbons (Fsp3) is 0.400. The third kappa shape index (κ3) is 3.80. The Balaban J connectivity index is 1.49. The maximum absolute atomic E-state index is 12.7. The van der Waals surface area contributed by atoms with Crippen molar-refractivity contribution in [3.63, 3.8) is 0 Å². The molecule has 0 spiro atoms. The fourth-order valence-electron chi connectivity index (χ4n) is 3.67. The molecule has 28 heavy (non-hydrogen) atoms. The van der Waals surface area contributed by atoms with Crippen LogP contribution in [0, 0.1) is 19.8 Å². The highest BCUT2D eigenvalue weighted by Gasteiger charge is 2.28. The average Bonchev–Trinajstić information content (AvgIpc) is 3.06. The van der Waals surface area contributed by atoms with Crippen LogP contribution in [0.2, 0.25) is 5.02 Å². The number of hydrogen-bond donors (Lipinski definition) is 1. The van der Waals surface area contributed by atoms with Crippen molar-refractivity contribution < 1.29 is 9.32 Å². The van der Waals surface area contributed by atoms with Crippen LogP contribution >= 0.6 is 11.6 Å². The zero-order valence-electron chi connectivity index (χ0n) is 15.9. The second-order valence-corrected chi connectivity index (χ2v) is 7.61. The van der Waals surface area contributed by atoms with Crippen molar-refractivity contribution in [1.29, 1.82) is 0 Å². The summed E-state index contributed by atoms with van der Waals surface area (Å²) in [6.45, 7) is 5.64. The van der Waals surface area contributed by atoms with Gasteiger partial charge in [0.15, 0.2) is 0 Å². The Morgan fingerprint density at radius 1 is 1.36 bits per heavy atom. The summed E-state index contributed by atoms with van der Waals surface area (Å²) in [6.07, 6.45) is 1.78. The molecule has 2 aromatic heterocycles. The molecule has 3 heterocycles. The Kier molecular flexibility index (Phi) is 5.17. The molecule has 0 unspecified atom stereocenters. The second kappa shape index (κ2) is 7.75. The molecule has 1 amide bonds. The van der Waals surface area contributed by atoms with Crippen LogP contribution in [-0.4, -0.2) is 34.1 Å². The van der Waals surface area contributed by atoms with Gasteiger partial charge in [0, 0.05) is 24.7 Å². The lowest BCUT2D eigenvalue weighted by molar-refractivity contribution is -0.125. The molecule has 1 aliphatic rings. The monoisotopic (exact) mass is 399 g/mol. The van der Waals surface area contributed by atoms with Crippen molar-refractivity contribution in [2.24, 2.45) is 5.92 Å². The van der Waals surface area contributed by atoms with Crippen LogP contribution in [0.5, 0.6) is 0 Å². The van der Waals surface area contributed by atoms with E-state index in [9.17, 15) is 4.79 Å². The van der Waals surface area contributed by atoms with E-state index in [0.717, 1.165) is 41.8 Å². The lowest BCUT2D eigenvalue weighted by Gasteiger charge is -2.33. The molecule has 0 saturated carbocycles. The molecule has 1 atom stereocenters. The van der Waals surface area contributed by atoms with Crippen molar-refractivity contribution in [2.45, 2.75) is 33.2 Å². The summed E-state index contributed by atoms with van der Waals surface area (Å²) < 4.78 is 5.31. The van der Waals surface area contributed by atoms with E-state index in [-0.39, 0.29) is 11.8 Å². The van der Waals surface area contributed by atoms with E-state index in [0.29, 0.717) is 29.7 Å². The zero-order chi connectivity index (χ0) is 19.7. The van der Waals surface area contributed by atoms with Crippen molar-refractivity contribution in [2.75, 3.05) is 18.0 Å². The summed E-state index contributed by atoms with van der Waals surface area (Å²) in [5.74, 6) is 1.38. The molecule has 146 valence electrons. The number of hydrogen-bond acceptors (Lipinski definition) is 6. The quantitative estimate of drug-likeness (QED) is 0.723. The van der Waals surface area contributed by atoms with Gasteiger partial charge in [0.1, 0.15) is 17.0 Å². The van der Waals surface area contributed by atoms with Gasteiger partial charge in [-0.05, 0) is 44.4 Å². The van der Waals surface area contributed by atoms with E-state index >= 15 is 0 Å². The van der Waals surface area contributed by atoms with Gasteiger partial charge in [-0.2, -0.15) is 4.98 Å². The van der Waals surface area contributed by atoms with E-state index < -0.39 is 0 Å². The first-order valence-electron chi connectivity index (χ1n) is 9.39. The summed E-state index contributed by atoms with van der Waals surface area (Å²) in [7, 11) is 0. The maximum Gasteiger partial charge on any atom is 0.263 e. The zero-order valence-corrected chi connectivity index (χ0v) is 16.7. The number of aryl methyl sites for hydroxylation is 2. The number of carbonyl (C=O) groups is 1. The molecule has 4 rings (SSSR count). The minimum atomic E-state index is -0.0987. The van der Waals surface area contributed by atoms with Crippen molar-refractivity contribution in [3.8, 4) is 0 Å². The number of benzene rings is 1. The Bertz CT molecular complexity index is 1020. The number of nitrogens with zero attached hydrogens (tertiary/aromatic N) is 4. The smallest absolute Gasteiger partial charge is 0.263 e.